The van der Waals surface area contributed by atoms with Gasteiger partial charge in [0.2, 0.25) is 5.91 Å². The number of carbonyl (C=O) groups is 1. The number of nitrogens with zero attached hydrogens (tertiary/aromatic N) is 2. The maximum atomic E-state index is 12.0. The van der Waals surface area contributed by atoms with Gasteiger partial charge in [-0.25, -0.2) is 4.98 Å². The van der Waals surface area contributed by atoms with Gasteiger partial charge in [0.15, 0.2) is 0 Å². The lowest BCUT2D eigenvalue weighted by atomic mass is 10.3. The van der Waals surface area contributed by atoms with Gasteiger partial charge in [-0.05, 0) is 19.1 Å². The van der Waals surface area contributed by atoms with Crippen LogP contribution < -0.4 is 5.32 Å². The first-order chi connectivity index (χ1) is 10.7. The highest BCUT2D eigenvalue weighted by Crippen LogP contribution is 2.21. The zero-order valence-corrected chi connectivity index (χ0v) is 13.6. The summed E-state index contributed by atoms with van der Waals surface area (Å²) in [6.07, 6.45) is 0.995. The molecule has 1 amide bonds. The van der Waals surface area contributed by atoms with Crippen LogP contribution in [0.1, 0.15) is 11.9 Å². The largest absolute Gasteiger partial charge is 0.376 e. The third kappa shape index (κ3) is 4.03. The van der Waals surface area contributed by atoms with E-state index in [2.05, 4.69) is 21.3 Å². The van der Waals surface area contributed by atoms with Crippen LogP contribution in [0.4, 0.5) is 0 Å². The Bertz CT molecular complexity index is 610. The van der Waals surface area contributed by atoms with E-state index in [0.717, 1.165) is 30.0 Å². The molecular weight excluding hydrogens is 298 g/mol. The van der Waals surface area contributed by atoms with E-state index in [4.69, 9.17) is 4.74 Å². The van der Waals surface area contributed by atoms with E-state index in [1.54, 1.807) is 11.3 Å². The van der Waals surface area contributed by atoms with Crippen LogP contribution in [0, 0.1) is 0 Å². The van der Waals surface area contributed by atoms with Crippen molar-refractivity contribution in [3.8, 4) is 0 Å². The zero-order chi connectivity index (χ0) is 15.4. The molecular formula is C16H21N3O2S. The summed E-state index contributed by atoms with van der Waals surface area (Å²) in [5, 5.41) is 4.05. The molecule has 1 atom stereocenters. The van der Waals surface area contributed by atoms with E-state index in [1.165, 1.54) is 4.70 Å². The lowest BCUT2D eigenvalue weighted by Crippen LogP contribution is -2.46. The molecule has 0 saturated carbocycles. The van der Waals surface area contributed by atoms with Gasteiger partial charge in [-0.3, -0.25) is 9.69 Å². The summed E-state index contributed by atoms with van der Waals surface area (Å²) in [5.41, 5.74) is 1.04. The van der Waals surface area contributed by atoms with Crippen molar-refractivity contribution in [2.24, 2.45) is 0 Å². The predicted molar refractivity (Wildman–Crippen MR) is 88.2 cm³/mol. The fourth-order valence-corrected chi connectivity index (χ4v) is 3.60. The third-order valence-electron chi connectivity index (χ3n) is 3.69. The molecule has 1 aromatic carbocycles. The van der Waals surface area contributed by atoms with Gasteiger partial charge in [0, 0.05) is 26.1 Å². The number of amides is 1. The highest BCUT2D eigenvalue weighted by Gasteiger charge is 2.18. The van der Waals surface area contributed by atoms with E-state index in [-0.39, 0.29) is 12.0 Å². The molecule has 0 bridgehead atoms. The normalized spacial score (nSPS) is 19.4. The van der Waals surface area contributed by atoms with Crippen molar-refractivity contribution in [3.63, 3.8) is 0 Å². The second-order valence-electron chi connectivity index (χ2n) is 5.59. The van der Waals surface area contributed by atoms with Gasteiger partial charge in [0.05, 0.1) is 34.5 Å². The summed E-state index contributed by atoms with van der Waals surface area (Å²) in [4.78, 5) is 18.7. The van der Waals surface area contributed by atoms with Gasteiger partial charge in [-0.2, -0.15) is 0 Å². The number of rotatable bonds is 5. The summed E-state index contributed by atoms with van der Waals surface area (Å²) in [6, 6.07) is 8.12. The Morgan fingerprint density at radius 1 is 1.50 bits per heavy atom. The second-order valence-corrected chi connectivity index (χ2v) is 6.71. The van der Waals surface area contributed by atoms with Gasteiger partial charge in [-0.1, -0.05) is 12.1 Å². The average Bonchev–Trinajstić information content (AvgIpc) is 2.90. The molecule has 0 aliphatic carbocycles. The third-order valence-corrected chi connectivity index (χ3v) is 4.79. The van der Waals surface area contributed by atoms with Crippen molar-refractivity contribution < 1.29 is 9.53 Å². The van der Waals surface area contributed by atoms with Crippen molar-refractivity contribution in [2.45, 2.75) is 19.4 Å². The van der Waals surface area contributed by atoms with Crippen molar-refractivity contribution in [3.05, 3.63) is 29.3 Å². The number of morpholine rings is 1. The number of nitrogens with one attached hydrogen (secondary N) is 1. The Labute approximate surface area is 134 Å². The lowest BCUT2D eigenvalue weighted by molar-refractivity contribution is -0.124. The minimum absolute atomic E-state index is 0.0789. The number of benzene rings is 1. The van der Waals surface area contributed by atoms with Gasteiger partial charge in [0.1, 0.15) is 0 Å². The number of para-hydroxylation sites is 1. The minimum Gasteiger partial charge on any atom is -0.376 e. The number of ether oxygens (including phenoxy) is 1. The van der Waals surface area contributed by atoms with Crippen LogP contribution in [0.15, 0.2) is 24.3 Å². The number of thiazole rings is 1. The quantitative estimate of drug-likeness (QED) is 0.911. The Hall–Kier alpha value is -1.50. The zero-order valence-electron chi connectivity index (χ0n) is 12.7. The minimum atomic E-state index is 0.0789. The van der Waals surface area contributed by atoms with Crippen LogP contribution in [-0.4, -0.2) is 54.7 Å². The molecule has 0 spiro atoms. The Balaban J connectivity index is 1.43. The number of hydrogen-bond acceptors (Lipinski definition) is 5. The Kier molecular flexibility index (Phi) is 5.02. The number of aromatic nitrogens is 1. The van der Waals surface area contributed by atoms with E-state index < -0.39 is 0 Å². The SMILES string of the molecule is CC1CN(CC(=O)NCCc2nc3ccccc3s2)CCO1. The standard InChI is InChI=1S/C16H21N3O2S/c1-12-10-19(8-9-21-12)11-15(20)17-7-6-16-18-13-4-2-3-5-14(13)22-16/h2-5,12H,6-11H2,1H3,(H,17,20). The van der Waals surface area contributed by atoms with Crippen molar-refractivity contribution in [1.29, 1.82) is 0 Å². The maximum absolute atomic E-state index is 12.0. The molecule has 118 valence electrons. The van der Waals surface area contributed by atoms with E-state index in [1.807, 2.05) is 25.1 Å². The molecule has 5 nitrogen and oxygen atoms in total. The molecule has 1 aliphatic heterocycles. The number of fused-ring (bicyclic) bond motifs is 1. The van der Waals surface area contributed by atoms with Crippen LogP contribution in [0.5, 0.6) is 0 Å². The van der Waals surface area contributed by atoms with Crippen LogP contribution >= 0.6 is 11.3 Å². The van der Waals surface area contributed by atoms with Crippen LogP contribution in [0.3, 0.4) is 0 Å². The van der Waals surface area contributed by atoms with Crippen molar-refractivity contribution >= 4 is 27.5 Å². The lowest BCUT2D eigenvalue weighted by Gasteiger charge is -2.30. The van der Waals surface area contributed by atoms with Gasteiger partial charge >= 0.3 is 0 Å². The van der Waals surface area contributed by atoms with Gasteiger partial charge in [-0.15, -0.1) is 11.3 Å². The summed E-state index contributed by atoms with van der Waals surface area (Å²) >= 11 is 1.70. The molecule has 3 rings (SSSR count). The van der Waals surface area contributed by atoms with Crippen LogP contribution in [-0.2, 0) is 16.0 Å². The highest BCUT2D eigenvalue weighted by molar-refractivity contribution is 7.18. The first-order valence-corrected chi connectivity index (χ1v) is 8.47. The summed E-state index contributed by atoms with van der Waals surface area (Å²) in [6.45, 7) is 5.49. The average molecular weight is 319 g/mol. The molecule has 0 radical (unpaired) electrons. The summed E-state index contributed by atoms with van der Waals surface area (Å²) in [5.74, 6) is 0.0789. The molecule has 1 unspecified atom stereocenters. The molecule has 1 N–H and O–H groups in total. The smallest absolute Gasteiger partial charge is 0.234 e. The molecule has 2 aromatic rings. The Morgan fingerprint density at radius 2 is 2.36 bits per heavy atom. The van der Waals surface area contributed by atoms with Crippen molar-refractivity contribution in [2.75, 3.05) is 32.8 Å². The van der Waals surface area contributed by atoms with E-state index in [0.29, 0.717) is 19.7 Å². The molecule has 2 heterocycles. The molecule has 1 aromatic heterocycles. The predicted octanol–water partition coefficient (Wildman–Crippen LogP) is 1.68. The van der Waals surface area contributed by atoms with Crippen molar-refractivity contribution in [1.82, 2.24) is 15.2 Å². The molecule has 1 aliphatic rings. The van der Waals surface area contributed by atoms with Crippen LogP contribution in [0.2, 0.25) is 0 Å². The first-order valence-electron chi connectivity index (χ1n) is 7.66. The Morgan fingerprint density at radius 3 is 3.18 bits per heavy atom. The molecule has 6 heteroatoms. The fourth-order valence-electron chi connectivity index (χ4n) is 2.63. The van der Waals surface area contributed by atoms with Gasteiger partial charge in [0.25, 0.3) is 0 Å². The molecule has 1 saturated heterocycles. The number of hydrogen-bond donors (Lipinski definition) is 1. The van der Waals surface area contributed by atoms with Crippen LogP contribution in [0.25, 0.3) is 10.2 Å². The highest BCUT2D eigenvalue weighted by atomic mass is 32.1. The molecule has 1 fully saturated rings. The molecule has 22 heavy (non-hydrogen) atoms. The number of carbonyl (C=O) groups excluding carboxylic acids is 1. The van der Waals surface area contributed by atoms with Gasteiger partial charge < -0.3 is 10.1 Å². The summed E-state index contributed by atoms with van der Waals surface area (Å²) < 4.78 is 6.68. The monoisotopic (exact) mass is 319 g/mol. The van der Waals surface area contributed by atoms with E-state index in [9.17, 15) is 4.79 Å². The summed E-state index contributed by atoms with van der Waals surface area (Å²) in [7, 11) is 0. The van der Waals surface area contributed by atoms with E-state index >= 15 is 0 Å². The maximum Gasteiger partial charge on any atom is 0.234 e. The first kappa shape index (κ1) is 15.4. The topological polar surface area (TPSA) is 54.5 Å². The second kappa shape index (κ2) is 7.17. The fraction of sp³-hybridized carbons (Fsp3) is 0.500.